The lowest BCUT2D eigenvalue weighted by Gasteiger charge is -2.19. The predicted molar refractivity (Wildman–Crippen MR) is 130 cm³/mol. The molecule has 0 bridgehead atoms. The average Bonchev–Trinajstić information content (AvgIpc) is 2.80. The fraction of sp³-hybridized carbons (Fsp3) is 0.0833. The van der Waals surface area contributed by atoms with Gasteiger partial charge in [-0.1, -0.05) is 58.4 Å². The van der Waals surface area contributed by atoms with E-state index in [9.17, 15) is 18.0 Å². The molecule has 168 valence electrons. The monoisotopic (exact) mass is 526 g/mol. The average molecular weight is 527 g/mol. The summed E-state index contributed by atoms with van der Waals surface area (Å²) >= 11 is 3.45. The zero-order valence-corrected chi connectivity index (χ0v) is 19.9. The van der Waals surface area contributed by atoms with Crippen LogP contribution in [0.15, 0.2) is 87.0 Å². The normalized spacial score (nSPS) is 11.5. The molecule has 0 unspecified atom stereocenters. The Morgan fingerprint density at radius 2 is 1.67 bits per heavy atom. The Morgan fingerprint density at radius 3 is 2.27 bits per heavy atom. The van der Waals surface area contributed by atoms with Crippen LogP contribution >= 0.6 is 15.9 Å². The molecule has 4 rings (SSSR count). The molecule has 0 fully saturated rings. The predicted octanol–water partition coefficient (Wildman–Crippen LogP) is 3.91. The van der Waals surface area contributed by atoms with Crippen molar-refractivity contribution in [3.8, 4) is 11.1 Å². The molecule has 0 saturated carbocycles. The third kappa shape index (κ3) is 4.47. The van der Waals surface area contributed by atoms with Crippen molar-refractivity contribution < 1.29 is 17.9 Å². The van der Waals surface area contributed by atoms with Gasteiger partial charge in [0.05, 0.1) is 18.6 Å². The first-order valence-electron chi connectivity index (χ1n) is 9.82. The maximum absolute atomic E-state index is 13.5. The molecule has 2 N–H and O–H groups in total. The molecule has 0 spiro atoms. The summed E-state index contributed by atoms with van der Waals surface area (Å²) in [4.78, 5) is 26.5. The quantitative estimate of drug-likeness (QED) is 0.396. The van der Waals surface area contributed by atoms with Gasteiger partial charge >= 0.3 is 5.97 Å². The van der Waals surface area contributed by atoms with E-state index >= 15 is 0 Å². The van der Waals surface area contributed by atoms with Gasteiger partial charge in [0.15, 0.2) is 0 Å². The first-order chi connectivity index (χ1) is 15.7. The fourth-order valence-electron chi connectivity index (χ4n) is 3.74. The Balaban J connectivity index is 2.03. The molecule has 0 amide bonds. The van der Waals surface area contributed by atoms with Gasteiger partial charge in [-0.05, 0) is 46.8 Å². The van der Waals surface area contributed by atoms with Gasteiger partial charge in [-0.2, -0.15) is 0 Å². The number of ether oxygens (including phenoxy) is 1. The molecular formula is C24H19BrN2O5S. The lowest BCUT2D eigenvalue weighted by atomic mass is 9.96. The van der Waals surface area contributed by atoms with Crippen LogP contribution in [-0.4, -0.2) is 26.1 Å². The molecule has 0 saturated heterocycles. The number of benzene rings is 3. The van der Waals surface area contributed by atoms with Crippen molar-refractivity contribution in [3.05, 3.63) is 98.9 Å². The molecule has 9 heteroatoms. The van der Waals surface area contributed by atoms with Crippen molar-refractivity contribution in [2.24, 2.45) is 5.14 Å². The maximum Gasteiger partial charge on any atom is 0.355 e. The second-order valence-corrected chi connectivity index (χ2v) is 9.83. The molecule has 0 aliphatic carbocycles. The van der Waals surface area contributed by atoms with E-state index < -0.39 is 16.0 Å². The van der Waals surface area contributed by atoms with E-state index in [-0.39, 0.29) is 22.7 Å². The van der Waals surface area contributed by atoms with E-state index in [1.54, 1.807) is 30.3 Å². The van der Waals surface area contributed by atoms with E-state index in [4.69, 9.17) is 9.88 Å². The fourth-order valence-corrected chi connectivity index (χ4v) is 4.62. The van der Waals surface area contributed by atoms with Crippen LogP contribution < -0.4 is 10.7 Å². The second kappa shape index (κ2) is 8.93. The van der Waals surface area contributed by atoms with Crippen molar-refractivity contribution in [3.63, 3.8) is 0 Å². The number of hydrogen-bond donors (Lipinski definition) is 1. The number of methoxy groups -OCH3 is 1. The van der Waals surface area contributed by atoms with Crippen molar-refractivity contribution in [1.82, 2.24) is 4.57 Å². The molecule has 0 radical (unpaired) electrons. The number of halogens is 1. The van der Waals surface area contributed by atoms with E-state index in [0.29, 0.717) is 21.9 Å². The first-order valence-corrected chi connectivity index (χ1v) is 12.2. The minimum Gasteiger partial charge on any atom is -0.464 e. The highest BCUT2D eigenvalue weighted by Crippen LogP contribution is 2.33. The van der Waals surface area contributed by atoms with Crippen LogP contribution in [0.1, 0.15) is 16.1 Å². The summed E-state index contributed by atoms with van der Waals surface area (Å²) in [5.74, 6) is -0.658. The highest BCUT2D eigenvalue weighted by Gasteiger charge is 2.24. The van der Waals surface area contributed by atoms with Gasteiger partial charge in [0, 0.05) is 15.4 Å². The summed E-state index contributed by atoms with van der Waals surface area (Å²) in [5, 5.41) is 6.22. The van der Waals surface area contributed by atoms with Gasteiger partial charge in [0.2, 0.25) is 10.0 Å². The number of nitrogens with zero attached hydrogens (tertiary/aromatic N) is 1. The molecule has 7 nitrogen and oxygen atoms in total. The van der Waals surface area contributed by atoms with Crippen LogP contribution in [0.4, 0.5) is 0 Å². The molecule has 3 aromatic carbocycles. The largest absolute Gasteiger partial charge is 0.464 e. The minimum atomic E-state index is -3.85. The number of rotatable bonds is 5. The maximum atomic E-state index is 13.5. The number of esters is 1. The Kier molecular flexibility index (Phi) is 6.20. The van der Waals surface area contributed by atoms with Gasteiger partial charge in [0.1, 0.15) is 5.69 Å². The highest BCUT2D eigenvalue weighted by atomic mass is 79.9. The number of nitrogens with two attached hydrogens (primary N) is 1. The van der Waals surface area contributed by atoms with Crippen LogP contribution in [0.3, 0.4) is 0 Å². The summed E-state index contributed by atoms with van der Waals surface area (Å²) in [6.45, 7) is 0.0278. The zero-order chi connectivity index (χ0) is 23.8. The summed E-state index contributed by atoms with van der Waals surface area (Å²) in [7, 11) is -2.59. The number of pyridine rings is 1. The molecule has 33 heavy (non-hydrogen) atoms. The van der Waals surface area contributed by atoms with E-state index in [0.717, 1.165) is 10.0 Å². The van der Waals surface area contributed by atoms with Crippen LogP contribution in [0, 0.1) is 0 Å². The van der Waals surface area contributed by atoms with Crippen molar-refractivity contribution >= 4 is 42.7 Å². The minimum absolute atomic E-state index is 0.0278. The lowest BCUT2D eigenvalue weighted by Crippen LogP contribution is -2.28. The number of carbonyl (C=O) groups is 1. The van der Waals surface area contributed by atoms with Crippen molar-refractivity contribution in [2.45, 2.75) is 11.4 Å². The molecule has 0 aliphatic heterocycles. The number of hydrogen-bond acceptors (Lipinski definition) is 5. The molecule has 0 aliphatic rings. The Labute approximate surface area is 198 Å². The molecule has 4 aromatic rings. The van der Waals surface area contributed by atoms with Gasteiger partial charge in [-0.25, -0.2) is 18.4 Å². The zero-order valence-electron chi connectivity index (χ0n) is 17.5. The van der Waals surface area contributed by atoms with E-state index in [1.165, 1.54) is 23.8 Å². The summed E-state index contributed by atoms with van der Waals surface area (Å²) in [6.07, 6.45) is 0. The highest BCUT2D eigenvalue weighted by molar-refractivity contribution is 9.10. The van der Waals surface area contributed by atoms with Gasteiger partial charge < -0.3 is 4.74 Å². The molecular weight excluding hydrogens is 508 g/mol. The summed E-state index contributed by atoms with van der Waals surface area (Å²) < 4.78 is 30.3. The lowest BCUT2D eigenvalue weighted by molar-refractivity contribution is 0.0588. The summed E-state index contributed by atoms with van der Waals surface area (Å²) in [5.41, 5.74) is 1.67. The Hall–Kier alpha value is -3.27. The number of sulfonamides is 1. The second-order valence-electron chi connectivity index (χ2n) is 7.35. The van der Waals surface area contributed by atoms with Crippen molar-refractivity contribution in [2.75, 3.05) is 7.11 Å². The smallest absolute Gasteiger partial charge is 0.355 e. The first kappa shape index (κ1) is 22.9. The number of carbonyl (C=O) groups excluding carboxylic acids is 1. The van der Waals surface area contributed by atoms with E-state index in [2.05, 4.69) is 15.9 Å². The third-order valence-corrected chi connectivity index (χ3v) is 6.69. The molecule has 0 atom stereocenters. The van der Waals surface area contributed by atoms with Gasteiger partial charge in [-0.3, -0.25) is 9.36 Å². The Morgan fingerprint density at radius 1 is 1.00 bits per heavy atom. The SMILES string of the molecule is COC(=O)c1c(-c2ccccc2)c2cc(Br)ccc2c(=O)n1Cc1ccc(S(N)(=O)=O)cc1. The van der Waals surface area contributed by atoms with Crippen LogP contribution in [0.5, 0.6) is 0 Å². The Bertz CT molecular complexity index is 1530. The number of fused-ring (bicyclic) bond motifs is 1. The molecule has 1 heterocycles. The van der Waals surface area contributed by atoms with E-state index in [1.807, 2.05) is 30.3 Å². The van der Waals surface area contributed by atoms with Crippen LogP contribution in [0.2, 0.25) is 0 Å². The van der Waals surface area contributed by atoms with Crippen LogP contribution in [0.25, 0.3) is 21.9 Å². The topological polar surface area (TPSA) is 108 Å². The van der Waals surface area contributed by atoms with Gasteiger partial charge in [0.25, 0.3) is 5.56 Å². The number of primary sulfonamides is 1. The summed E-state index contributed by atoms with van der Waals surface area (Å²) in [6, 6.07) is 20.4. The van der Waals surface area contributed by atoms with Crippen LogP contribution in [-0.2, 0) is 21.3 Å². The number of aromatic nitrogens is 1. The third-order valence-electron chi connectivity index (χ3n) is 5.27. The van der Waals surface area contributed by atoms with Gasteiger partial charge in [-0.15, -0.1) is 0 Å². The standard InChI is InChI=1S/C24H19BrN2O5S/c1-32-24(29)22-21(16-5-3-2-4-6-16)20-13-17(25)9-12-19(20)23(28)27(22)14-15-7-10-18(11-8-15)33(26,30)31/h2-13H,14H2,1H3,(H2,26,30,31). The molecule has 1 aromatic heterocycles. The van der Waals surface area contributed by atoms with Crippen molar-refractivity contribution in [1.29, 1.82) is 0 Å².